The standard InChI is InChI=1S/C15H16N2O4/c1-3-8-21-12-7-5-4-6-11(12)15(20)17-9-13(18)16-14(19)10(17)2/h3-7,10H,1,8-9H2,2H3,(H,16,18,19). The van der Waals surface area contributed by atoms with Gasteiger partial charge < -0.3 is 9.64 Å². The van der Waals surface area contributed by atoms with E-state index in [2.05, 4.69) is 11.9 Å². The van der Waals surface area contributed by atoms with Crippen molar-refractivity contribution in [3.8, 4) is 5.75 Å². The van der Waals surface area contributed by atoms with Gasteiger partial charge in [-0.1, -0.05) is 24.8 Å². The quantitative estimate of drug-likeness (QED) is 0.655. The molecule has 6 nitrogen and oxygen atoms in total. The highest BCUT2D eigenvalue weighted by Crippen LogP contribution is 2.21. The maximum Gasteiger partial charge on any atom is 0.258 e. The second kappa shape index (κ2) is 6.21. The van der Waals surface area contributed by atoms with Crippen LogP contribution in [0.4, 0.5) is 0 Å². The first-order chi connectivity index (χ1) is 10.0. The third-order valence-corrected chi connectivity index (χ3v) is 3.16. The topological polar surface area (TPSA) is 75.7 Å². The van der Waals surface area contributed by atoms with Gasteiger partial charge in [-0.15, -0.1) is 0 Å². The van der Waals surface area contributed by atoms with Gasteiger partial charge in [0.1, 0.15) is 24.9 Å². The molecule has 1 aliphatic rings. The molecular formula is C15H16N2O4. The van der Waals surface area contributed by atoms with Crippen LogP contribution in [0.2, 0.25) is 0 Å². The average Bonchev–Trinajstić information content (AvgIpc) is 2.48. The summed E-state index contributed by atoms with van der Waals surface area (Å²) in [5, 5.41) is 2.20. The van der Waals surface area contributed by atoms with Crippen LogP contribution >= 0.6 is 0 Å². The molecule has 0 aliphatic carbocycles. The van der Waals surface area contributed by atoms with Gasteiger partial charge in [0.15, 0.2) is 0 Å². The number of rotatable bonds is 4. The first kappa shape index (κ1) is 14.8. The molecule has 1 heterocycles. The van der Waals surface area contributed by atoms with Crippen LogP contribution in [-0.2, 0) is 9.59 Å². The maximum absolute atomic E-state index is 12.6. The van der Waals surface area contributed by atoms with Gasteiger partial charge in [0, 0.05) is 0 Å². The number of piperazine rings is 1. The van der Waals surface area contributed by atoms with Crippen LogP contribution in [0, 0.1) is 0 Å². The highest BCUT2D eigenvalue weighted by Gasteiger charge is 2.34. The molecule has 21 heavy (non-hydrogen) atoms. The van der Waals surface area contributed by atoms with Gasteiger partial charge in [-0.2, -0.15) is 0 Å². The van der Waals surface area contributed by atoms with Crippen LogP contribution < -0.4 is 10.1 Å². The van der Waals surface area contributed by atoms with Crippen LogP contribution in [0.1, 0.15) is 17.3 Å². The van der Waals surface area contributed by atoms with Gasteiger partial charge in [-0.05, 0) is 19.1 Å². The average molecular weight is 288 g/mol. The van der Waals surface area contributed by atoms with Crippen molar-refractivity contribution < 1.29 is 19.1 Å². The Balaban J connectivity index is 2.28. The van der Waals surface area contributed by atoms with E-state index in [0.29, 0.717) is 11.3 Å². The molecule has 0 radical (unpaired) electrons. The number of imide groups is 1. The lowest BCUT2D eigenvalue weighted by Gasteiger charge is -2.32. The van der Waals surface area contributed by atoms with Crippen molar-refractivity contribution in [2.24, 2.45) is 0 Å². The van der Waals surface area contributed by atoms with Crippen molar-refractivity contribution in [1.82, 2.24) is 10.2 Å². The summed E-state index contributed by atoms with van der Waals surface area (Å²) in [6.07, 6.45) is 1.57. The SMILES string of the molecule is C=CCOc1ccccc1C(=O)N1CC(=O)NC(=O)C1C. The molecule has 1 aromatic carbocycles. The molecule has 0 aromatic heterocycles. The molecule has 110 valence electrons. The lowest BCUT2D eigenvalue weighted by Crippen LogP contribution is -2.58. The van der Waals surface area contributed by atoms with Gasteiger partial charge in [-0.3, -0.25) is 19.7 Å². The number of hydrogen-bond donors (Lipinski definition) is 1. The Hall–Kier alpha value is -2.63. The van der Waals surface area contributed by atoms with E-state index in [1.165, 1.54) is 4.90 Å². The van der Waals surface area contributed by atoms with Crippen LogP contribution in [0.3, 0.4) is 0 Å². The van der Waals surface area contributed by atoms with Crippen molar-refractivity contribution in [2.75, 3.05) is 13.2 Å². The van der Waals surface area contributed by atoms with Gasteiger partial charge in [-0.25, -0.2) is 0 Å². The van der Waals surface area contributed by atoms with Crippen molar-refractivity contribution in [3.05, 3.63) is 42.5 Å². The highest BCUT2D eigenvalue weighted by molar-refractivity contribution is 6.07. The summed E-state index contributed by atoms with van der Waals surface area (Å²) in [5.74, 6) is -0.988. The van der Waals surface area contributed by atoms with E-state index in [-0.39, 0.29) is 13.2 Å². The van der Waals surface area contributed by atoms with E-state index in [9.17, 15) is 14.4 Å². The molecule has 1 aromatic rings. The van der Waals surface area contributed by atoms with E-state index >= 15 is 0 Å². The Kier molecular flexibility index (Phi) is 4.37. The monoisotopic (exact) mass is 288 g/mol. The molecule has 1 fully saturated rings. The van der Waals surface area contributed by atoms with Crippen LogP contribution in [0.25, 0.3) is 0 Å². The first-order valence-electron chi connectivity index (χ1n) is 6.52. The van der Waals surface area contributed by atoms with Gasteiger partial charge in [0.2, 0.25) is 11.8 Å². The molecule has 2 rings (SSSR count). The molecule has 1 atom stereocenters. The van der Waals surface area contributed by atoms with Crippen molar-refractivity contribution in [3.63, 3.8) is 0 Å². The number of amides is 3. The number of carbonyl (C=O) groups is 3. The molecule has 1 aliphatic heterocycles. The zero-order valence-corrected chi connectivity index (χ0v) is 11.7. The molecule has 0 spiro atoms. The number of para-hydroxylation sites is 1. The number of ether oxygens (including phenoxy) is 1. The third kappa shape index (κ3) is 3.10. The normalized spacial score (nSPS) is 18.1. The molecule has 1 saturated heterocycles. The molecule has 6 heteroatoms. The van der Waals surface area contributed by atoms with Crippen LogP contribution in [-0.4, -0.2) is 41.8 Å². The predicted octanol–water partition coefficient (Wildman–Crippen LogP) is 0.738. The summed E-state index contributed by atoms with van der Waals surface area (Å²) in [6, 6.07) is 6.00. The summed E-state index contributed by atoms with van der Waals surface area (Å²) in [7, 11) is 0. The molecule has 0 saturated carbocycles. The minimum absolute atomic E-state index is 0.151. The maximum atomic E-state index is 12.6. The fourth-order valence-electron chi connectivity index (χ4n) is 2.03. The van der Waals surface area contributed by atoms with Crippen molar-refractivity contribution >= 4 is 17.7 Å². The Morgan fingerprint density at radius 3 is 2.90 bits per heavy atom. The molecule has 1 N–H and O–H groups in total. The largest absolute Gasteiger partial charge is 0.489 e. The van der Waals surface area contributed by atoms with Gasteiger partial charge in [0.05, 0.1) is 5.56 Å². The Morgan fingerprint density at radius 1 is 1.48 bits per heavy atom. The Bertz CT molecular complexity index is 597. The molecule has 1 unspecified atom stereocenters. The van der Waals surface area contributed by atoms with E-state index in [4.69, 9.17) is 4.74 Å². The zero-order valence-electron chi connectivity index (χ0n) is 11.7. The fourth-order valence-corrected chi connectivity index (χ4v) is 2.03. The summed E-state index contributed by atoms with van der Waals surface area (Å²) in [5.41, 5.74) is 0.314. The number of hydrogen-bond acceptors (Lipinski definition) is 4. The van der Waals surface area contributed by atoms with E-state index < -0.39 is 23.8 Å². The van der Waals surface area contributed by atoms with Gasteiger partial charge in [0.25, 0.3) is 5.91 Å². The smallest absolute Gasteiger partial charge is 0.258 e. The number of benzene rings is 1. The molecule has 3 amide bonds. The van der Waals surface area contributed by atoms with E-state index in [0.717, 1.165) is 0 Å². The second-order valence-corrected chi connectivity index (χ2v) is 4.62. The highest BCUT2D eigenvalue weighted by atomic mass is 16.5. The number of nitrogens with zero attached hydrogens (tertiary/aromatic N) is 1. The summed E-state index contributed by atoms with van der Waals surface area (Å²) in [4.78, 5) is 36.9. The minimum Gasteiger partial charge on any atom is -0.489 e. The second-order valence-electron chi connectivity index (χ2n) is 4.62. The van der Waals surface area contributed by atoms with Crippen LogP contribution in [0.15, 0.2) is 36.9 Å². The summed E-state index contributed by atoms with van der Waals surface area (Å²) >= 11 is 0. The van der Waals surface area contributed by atoms with E-state index in [1.54, 1.807) is 37.3 Å². The molecular weight excluding hydrogens is 272 g/mol. The van der Waals surface area contributed by atoms with E-state index in [1.807, 2.05) is 0 Å². The van der Waals surface area contributed by atoms with Gasteiger partial charge >= 0.3 is 0 Å². The molecule has 0 bridgehead atoms. The lowest BCUT2D eigenvalue weighted by atomic mass is 10.1. The zero-order chi connectivity index (χ0) is 15.4. The Labute approximate surface area is 122 Å². The Morgan fingerprint density at radius 2 is 2.19 bits per heavy atom. The van der Waals surface area contributed by atoms with Crippen molar-refractivity contribution in [2.45, 2.75) is 13.0 Å². The lowest BCUT2D eigenvalue weighted by molar-refractivity contribution is -0.138. The summed E-state index contributed by atoms with van der Waals surface area (Å²) < 4.78 is 5.44. The number of carbonyl (C=O) groups excluding carboxylic acids is 3. The summed E-state index contributed by atoms with van der Waals surface area (Å²) in [6.45, 7) is 5.24. The fraction of sp³-hybridized carbons (Fsp3) is 0.267. The van der Waals surface area contributed by atoms with Crippen molar-refractivity contribution in [1.29, 1.82) is 0 Å². The first-order valence-corrected chi connectivity index (χ1v) is 6.52. The minimum atomic E-state index is -0.706. The third-order valence-electron chi connectivity index (χ3n) is 3.16. The van der Waals surface area contributed by atoms with Crippen LogP contribution in [0.5, 0.6) is 5.75 Å². The predicted molar refractivity (Wildman–Crippen MR) is 75.8 cm³/mol. The number of nitrogens with one attached hydrogen (secondary N) is 1.